The number of rotatable bonds is 4. The summed E-state index contributed by atoms with van der Waals surface area (Å²) in [6.07, 6.45) is 1.61. The summed E-state index contributed by atoms with van der Waals surface area (Å²) < 4.78 is 13.0. The Balaban J connectivity index is 1.92. The molecule has 1 atom stereocenters. The lowest BCUT2D eigenvalue weighted by molar-refractivity contribution is 0.0901. The van der Waals surface area contributed by atoms with E-state index in [1.807, 2.05) is 0 Å². The van der Waals surface area contributed by atoms with Crippen molar-refractivity contribution >= 4 is 5.91 Å². The zero-order valence-corrected chi connectivity index (χ0v) is 9.74. The van der Waals surface area contributed by atoms with E-state index in [-0.39, 0.29) is 18.3 Å². The van der Waals surface area contributed by atoms with Crippen molar-refractivity contribution in [1.29, 1.82) is 0 Å². The number of hydrogen-bond acceptors (Lipinski definition) is 2. The molecule has 1 aromatic rings. The Morgan fingerprint density at radius 2 is 2.29 bits per heavy atom. The molecular weight excluding hydrogens is 221 g/mol. The number of aryl methyl sites for hydroxylation is 1. The molecule has 17 heavy (non-hydrogen) atoms. The highest BCUT2D eigenvalue weighted by Gasteiger charge is 2.29. The first-order chi connectivity index (χ1) is 8.08. The molecule has 1 saturated carbocycles. The minimum Gasteiger partial charge on any atom is -0.391 e. The molecule has 1 unspecified atom stereocenters. The van der Waals surface area contributed by atoms with Gasteiger partial charge in [-0.2, -0.15) is 0 Å². The number of halogens is 1. The van der Waals surface area contributed by atoms with Gasteiger partial charge in [-0.3, -0.25) is 4.79 Å². The number of hydrogen-bond donors (Lipinski definition) is 2. The summed E-state index contributed by atoms with van der Waals surface area (Å²) in [4.78, 5) is 11.7. The lowest BCUT2D eigenvalue weighted by atomic mass is 10.1. The van der Waals surface area contributed by atoms with Crippen molar-refractivity contribution in [1.82, 2.24) is 5.32 Å². The van der Waals surface area contributed by atoms with Crippen molar-refractivity contribution in [2.75, 3.05) is 6.54 Å². The van der Waals surface area contributed by atoms with Crippen LogP contribution in [-0.2, 0) is 0 Å². The fourth-order valence-electron chi connectivity index (χ4n) is 1.73. The lowest BCUT2D eigenvalue weighted by Crippen LogP contribution is -2.33. The number of amides is 1. The molecule has 1 fully saturated rings. The number of nitrogens with one attached hydrogen (secondary N) is 1. The van der Waals surface area contributed by atoms with E-state index in [1.165, 1.54) is 18.2 Å². The third kappa shape index (κ3) is 3.03. The predicted octanol–water partition coefficient (Wildman–Crippen LogP) is 1.63. The van der Waals surface area contributed by atoms with Crippen molar-refractivity contribution < 1.29 is 14.3 Å². The van der Waals surface area contributed by atoms with Crippen LogP contribution in [0.4, 0.5) is 4.39 Å². The van der Waals surface area contributed by atoms with Crippen molar-refractivity contribution in [2.45, 2.75) is 25.9 Å². The average molecular weight is 237 g/mol. The maximum absolute atomic E-state index is 13.0. The minimum atomic E-state index is -0.458. The summed E-state index contributed by atoms with van der Waals surface area (Å²) >= 11 is 0. The summed E-state index contributed by atoms with van der Waals surface area (Å²) in [5.41, 5.74) is 0.868. The zero-order chi connectivity index (χ0) is 12.4. The third-order valence-corrected chi connectivity index (χ3v) is 3.06. The normalized spacial score (nSPS) is 16.6. The molecule has 0 spiro atoms. The molecular formula is C13H16FNO2. The first-order valence-electron chi connectivity index (χ1n) is 5.80. The van der Waals surface area contributed by atoms with Gasteiger partial charge < -0.3 is 10.4 Å². The predicted molar refractivity (Wildman–Crippen MR) is 62.2 cm³/mol. The molecule has 0 radical (unpaired) electrons. The topological polar surface area (TPSA) is 49.3 Å². The summed E-state index contributed by atoms with van der Waals surface area (Å²) in [5, 5.41) is 12.3. The Bertz CT molecular complexity index is 429. The van der Waals surface area contributed by atoms with Gasteiger partial charge >= 0.3 is 0 Å². The molecule has 92 valence electrons. The van der Waals surface area contributed by atoms with Crippen molar-refractivity contribution in [3.8, 4) is 0 Å². The Labute approximate surface area is 99.7 Å². The Hall–Kier alpha value is -1.42. The van der Waals surface area contributed by atoms with E-state index in [2.05, 4.69) is 5.32 Å². The Morgan fingerprint density at radius 1 is 1.59 bits per heavy atom. The van der Waals surface area contributed by atoms with Crippen LogP contribution in [0.5, 0.6) is 0 Å². The van der Waals surface area contributed by atoms with Gasteiger partial charge in [-0.05, 0) is 49.4 Å². The van der Waals surface area contributed by atoms with E-state index in [0.717, 1.165) is 12.8 Å². The fraction of sp³-hybridized carbons (Fsp3) is 0.462. The van der Waals surface area contributed by atoms with E-state index < -0.39 is 6.10 Å². The van der Waals surface area contributed by atoms with Crippen LogP contribution >= 0.6 is 0 Å². The molecule has 2 N–H and O–H groups in total. The lowest BCUT2D eigenvalue weighted by Gasteiger charge is -2.11. The SMILES string of the molecule is Cc1cc(C(=O)NCC(O)C2CC2)ccc1F. The molecule has 1 aliphatic rings. The van der Waals surface area contributed by atoms with Crippen LogP contribution in [0, 0.1) is 18.7 Å². The molecule has 1 amide bonds. The van der Waals surface area contributed by atoms with Gasteiger partial charge in [0, 0.05) is 12.1 Å². The van der Waals surface area contributed by atoms with Crippen molar-refractivity contribution in [2.24, 2.45) is 5.92 Å². The molecule has 0 aliphatic heterocycles. The summed E-state index contributed by atoms with van der Waals surface area (Å²) in [5.74, 6) is -0.252. The number of carbonyl (C=O) groups excluding carboxylic acids is 1. The van der Waals surface area contributed by atoms with E-state index in [1.54, 1.807) is 6.92 Å². The Morgan fingerprint density at radius 3 is 2.88 bits per heavy atom. The number of carbonyl (C=O) groups is 1. The highest BCUT2D eigenvalue weighted by Crippen LogP contribution is 2.32. The highest BCUT2D eigenvalue weighted by molar-refractivity contribution is 5.94. The van der Waals surface area contributed by atoms with Gasteiger partial charge in [0.15, 0.2) is 0 Å². The van der Waals surface area contributed by atoms with Gasteiger partial charge in [-0.15, -0.1) is 0 Å². The first-order valence-corrected chi connectivity index (χ1v) is 5.80. The van der Waals surface area contributed by atoms with Gasteiger partial charge in [0.05, 0.1) is 6.10 Å². The van der Waals surface area contributed by atoms with Crippen LogP contribution in [0.15, 0.2) is 18.2 Å². The molecule has 1 aliphatic carbocycles. The van der Waals surface area contributed by atoms with E-state index in [9.17, 15) is 14.3 Å². The Kier molecular flexibility index (Phi) is 3.43. The van der Waals surface area contributed by atoms with Gasteiger partial charge in [-0.1, -0.05) is 0 Å². The number of benzene rings is 1. The quantitative estimate of drug-likeness (QED) is 0.836. The van der Waals surface area contributed by atoms with Gasteiger partial charge in [-0.25, -0.2) is 4.39 Å². The second kappa shape index (κ2) is 4.84. The molecule has 0 bridgehead atoms. The largest absolute Gasteiger partial charge is 0.391 e. The molecule has 0 saturated heterocycles. The van der Waals surface area contributed by atoms with Crippen LogP contribution in [0.2, 0.25) is 0 Å². The fourth-order valence-corrected chi connectivity index (χ4v) is 1.73. The molecule has 2 rings (SSSR count). The van der Waals surface area contributed by atoms with Crippen LogP contribution in [0.25, 0.3) is 0 Å². The first kappa shape index (κ1) is 12.0. The van der Waals surface area contributed by atoms with Crippen molar-refractivity contribution in [3.05, 3.63) is 35.1 Å². The van der Waals surface area contributed by atoms with Crippen LogP contribution in [0.1, 0.15) is 28.8 Å². The molecule has 0 aromatic heterocycles. The molecule has 1 aromatic carbocycles. The second-order valence-electron chi connectivity index (χ2n) is 4.58. The van der Waals surface area contributed by atoms with E-state index in [4.69, 9.17) is 0 Å². The molecule has 3 nitrogen and oxygen atoms in total. The standard InChI is InChI=1S/C13H16FNO2/c1-8-6-10(4-5-11(8)14)13(17)15-7-12(16)9-2-3-9/h4-6,9,12,16H,2-3,7H2,1H3,(H,15,17). The zero-order valence-electron chi connectivity index (χ0n) is 9.74. The summed E-state index contributed by atoms with van der Waals surface area (Å²) in [7, 11) is 0. The number of aliphatic hydroxyl groups is 1. The van der Waals surface area contributed by atoms with Crippen LogP contribution in [0.3, 0.4) is 0 Å². The third-order valence-electron chi connectivity index (χ3n) is 3.06. The van der Waals surface area contributed by atoms with E-state index in [0.29, 0.717) is 17.0 Å². The molecule has 0 heterocycles. The van der Waals surface area contributed by atoms with Gasteiger partial charge in [0.1, 0.15) is 5.82 Å². The summed E-state index contributed by atoms with van der Waals surface area (Å²) in [6, 6.07) is 4.23. The van der Waals surface area contributed by atoms with Gasteiger partial charge in [0.2, 0.25) is 0 Å². The summed E-state index contributed by atoms with van der Waals surface area (Å²) in [6.45, 7) is 1.88. The van der Waals surface area contributed by atoms with Crippen LogP contribution < -0.4 is 5.32 Å². The van der Waals surface area contributed by atoms with Crippen LogP contribution in [-0.4, -0.2) is 23.7 Å². The maximum atomic E-state index is 13.0. The molecule has 4 heteroatoms. The van der Waals surface area contributed by atoms with Crippen molar-refractivity contribution in [3.63, 3.8) is 0 Å². The van der Waals surface area contributed by atoms with E-state index >= 15 is 0 Å². The monoisotopic (exact) mass is 237 g/mol. The smallest absolute Gasteiger partial charge is 0.251 e. The number of aliphatic hydroxyl groups excluding tert-OH is 1. The second-order valence-corrected chi connectivity index (χ2v) is 4.58. The minimum absolute atomic E-state index is 0.264. The highest BCUT2D eigenvalue weighted by atomic mass is 19.1. The van der Waals surface area contributed by atoms with Gasteiger partial charge in [0.25, 0.3) is 5.91 Å². The maximum Gasteiger partial charge on any atom is 0.251 e. The average Bonchev–Trinajstić information content (AvgIpc) is 3.13.